The third-order valence-corrected chi connectivity index (χ3v) is 5.59. The Morgan fingerprint density at radius 1 is 1.40 bits per heavy atom. The van der Waals surface area contributed by atoms with Crippen molar-refractivity contribution < 1.29 is 27.9 Å². The highest BCUT2D eigenvalue weighted by molar-refractivity contribution is 7.89. The summed E-state index contributed by atoms with van der Waals surface area (Å²) in [7, 11) is -2.19. The summed E-state index contributed by atoms with van der Waals surface area (Å²) in [5, 5.41) is 8.96. The van der Waals surface area contributed by atoms with Crippen LogP contribution in [0.5, 0.6) is 0 Å². The van der Waals surface area contributed by atoms with Crippen LogP contribution >= 0.6 is 0 Å². The molecule has 0 saturated carbocycles. The molecule has 1 fully saturated rings. The zero-order chi connectivity index (χ0) is 15.3. The molecule has 1 rings (SSSR count). The monoisotopic (exact) mass is 307 g/mol. The number of esters is 1. The molecule has 0 bridgehead atoms. The molecule has 8 heteroatoms. The second-order valence-electron chi connectivity index (χ2n) is 5.01. The number of carbonyl (C=O) groups excluding carboxylic acids is 1. The van der Waals surface area contributed by atoms with E-state index in [1.54, 1.807) is 6.92 Å². The van der Waals surface area contributed by atoms with E-state index in [0.717, 1.165) is 0 Å². The number of rotatable bonds is 6. The molecule has 1 aliphatic rings. The lowest BCUT2D eigenvalue weighted by Crippen LogP contribution is -2.46. The maximum absolute atomic E-state index is 12.2. The highest BCUT2D eigenvalue weighted by Crippen LogP contribution is 2.25. The Morgan fingerprint density at radius 3 is 2.55 bits per heavy atom. The van der Waals surface area contributed by atoms with E-state index in [2.05, 4.69) is 4.74 Å². The minimum Gasteiger partial charge on any atom is -0.481 e. The predicted octanol–water partition coefficient (Wildman–Crippen LogP) is 0.455. The van der Waals surface area contributed by atoms with Gasteiger partial charge in [0.1, 0.15) is 0 Å². The second-order valence-corrected chi connectivity index (χ2v) is 7.06. The number of carbonyl (C=O) groups is 2. The van der Waals surface area contributed by atoms with Gasteiger partial charge in [0.05, 0.1) is 18.8 Å². The van der Waals surface area contributed by atoms with Crippen molar-refractivity contribution in [3.63, 3.8) is 0 Å². The number of hydrogen-bond acceptors (Lipinski definition) is 5. The standard InChI is InChI=1S/C12H21NO6S/c1-9-8-10(12(15)16)5-6-13(9)20(17,18)7-3-4-11(14)19-2/h9-10H,3-8H2,1-2H3,(H,15,16). The second kappa shape index (κ2) is 7.03. The van der Waals surface area contributed by atoms with Crippen LogP contribution in [0.25, 0.3) is 0 Å². The van der Waals surface area contributed by atoms with E-state index in [0.29, 0.717) is 12.8 Å². The number of methoxy groups -OCH3 is 1. The summed E-state index contributed by atoms with van der Waals surface area (Å²) in [6.45, 7) is 1.94. The van der Waals surface area contributed by atoms with Gasteiger partial charge in [-0.25, -0.2) is 8.42 Å². The van der Waals surface area contributed by atoms with E-state index in [-0.39, 0.29) is 31.2 Å². The van der Waals surface area contributed by atoms with E-state index in [4.69, 9.17) is 5.11 Å². The fourth-order valence-corrected chi connectivity index (χ4v) is 4.17. The van der Waals surface area contributed by atoms with Gasteiger partial charge in [-0.1, -0.05) is 0 Å². The average Bonchev–Trinajstić information content (AvgIpc) is 2.37. The van der Waals surface area contributed by atoms with Gasteiger partial charge in [0.2, 0.25) is 10.0 Å². The highest BCUT2D eigenvalue weighted by atomic mass is 32.2. The fraction of sp³-hybridized carbons (Fsp3) is 0.833. The van der Waals surface area contributed by atoms with Gasteiger partial charge in [0, 0.05) is 19.0 Å². The van der Waals surface area contributed by atoms with Crippen LogP contribution in [0.4, 0.5) is 0 Å². The first-order valence-electron chi connectivity index (χ1n) is 6.57. The van der Waals surface area contributed by atoms with E-state index >= 15 is 0 Å². The van der Waals surface area contributed by atoms with E-state index in [1.807, 2.05) is 0 Å². The Labute approximate surface area is 118 Å². The van der Waals surface area contributed by atoms with Crippen LogP contribution in [-0.2, 0) is 24.3 Å². The predicted molar refractivity (Wildman–Crippen MR) is 71.6 cm³/mol. The molecule has 2 atom stereocenters. The van der Waals surface area contributed by atoms with Crippen molar-refractivity contribution in [2.45, 2.75) is 38.6 Å². The van der Waals surface area contributed by atoms with Crippen LogP contribution in [-0.4, -0.2) is 55.2 Å². The summed E-state index contributed by atoms with van der Waals surface area (Å²) in [4.78, 5) is 21.9. The first kappa shape index (κ1) is 16.9. The fourth-order valence-electron chi connectivity index (χ4n) is 2.41. The van der Waals surface area contributed by atoms with Crippen molar-refractivity contribution in [3.8, 4) is 0 Å². The van der Waals surface area contributed by atoms with Crippen LogP contribution in [0.3, 0.4) is 0 Å². The van der Waals surface area contributed by atoms with Crippen LogP contribution in [0.1, 0.15) is 32.6 Å². The molecule has 1 saturated heterocycles. The summed E-state index contributed by atoms with van der Waals surface area (Å²) < 4.78 is 30.1. The maximum atomic E-state index is 12.2. The van der Waals surface area contributed by atoms with E-state index in [1.165, 1.54) is 11.4 Å². The van der Waals surface area contributed by atoms with Crippen LogP contribution in [0, 0.1) is 5.92 Å². The number of piperidine rings is 1. The zero-order valence-corrected chi connectivity index (χ0v) is 12.6. The molecule has 0 amide bonds. The lowest BCUT2D eigenvalue weighted by molar-refractivity contribution is -0.143. The Morgan fingerprint density at radius 2 is 2.05 bits per heavy atom. The summed E-state index contributed by atoms with van der Waals surface area (Å²) in [6, 6.07) is -0.326. The summed E-state index contributed by atoms with van der Waals surface area (Å²) >= 11 is 0. The Kier molecular flexibility index (Phi) is 5.94. The summed E-state index contributed by atoms with van der Waals surface area (Å²) in [5.41, 5.74) is 0. The number of aliphatic carboxylic acids is 1. The van der Waals surface area contributed by atoms with Gasteiger partial charge in [-0.05, 0) is 26.2 Å². The number of nitrogens with zero attached hydrogens (tertiary/aromatic N) is 1. The van der Waals surface area contributed by atoms with Crippen molar-refractivity contribution in [2.24, 2.45) is 5.92 Å². The molecular formula is C12H21NO6S. The molecule has 116 valence electrons. The van der Waals surface area contributed by atoms with Gasteiger partial charge in [-0.3, -0.25) is 9.59 Å². The lowest BCUT2D eigenvalue weighted by atomic mass is 9.93. The number of carboxylic acid groups (broad SMARTS) is 1. The molecule has 1 heterocycles. The molecule has 1 N–H and O–H groups in total. The van der Waals surface area contributed by atoms with Gasteiger partial charge < -0.3 is 9.84 Å². The molecule has 2 unspecified atom stereocenters. The number of hydrogen-bond donors (Lipinski definition) is 1. The quantitative estimate of drug-likeness (QED) is 0.715. The molecule has 0 aromatic rings. The lowest BCUT2D eigenvalue weighted by Gasteiger charge is -2.35. The van der Waals surface area contributed by atoms with Crippen LogP contribution < -0.4 is 0 Å². The number of sulfonamides is 1. The van der Waals surface area contributed by atoms with E-state index < -0.39 is 27.9 Å². The zero-order valence-electron chi connectivity index (χ0n) is 11.7. The molecule has 0 aliphatic carbocycles. The largest absolute Gasteiger partial charge is 0.481 e. The Balaban J connectivity index is 2.56. The smallest absolute Gasteiger partial charge is 0.306 e. The van der Waals surface area contributed by atoms with Crippen molar-refractivity contribution in [2.75, 3.05) is 19.4 Å². The van der Waals surface area contributed by atoms with Crippen molar-refractivity contribution >= 4 is 22.0 Å². The minimum atomic E-state index is -3.45. The van der Waals surface area contributed by atoms with Crippen molar-refractivity contribution in [1.82, 2.24) is 4.31 Å². The summed E-state index contributed by atoms with van der Waals surface area (Å²) in [6.07, 6.45) is 0.928. The molecular weight excluding hydrogens is 286 g/mol. The first-order chi connectivity index (χ1) is 9.27. The third kappa shape index (κ3) is 4.45. The van der Waals surface area contributed by atoms with Crippen LogP contribution in [0.15, 0.2) is 0 Å². The first-order valence-corrected chi connectivity index (χ1v) is 8.18. The van der Waals surface area contributed by atoms with Gasteiger partial charge in [0.15, 0.2) is 0 Å². The SMILES string of the molecule is COC(=O)CCCS(=O)(=O)N1CCC(C(=O)O)CC1C. The van der Waals surface area contributed by atoms with E-state index in [9.17, 15) is 18.0 Å². The molecule has 7 nitrogen and oxygen atoms in total. The topological polar surface area (TPSA) is 101 Å². The number of carboxylic acids is 1. The van der Waals surface area contributed by atoms with Crippen LogP contribution in [0.2, 0.25) is 0 Å². The molecule has 0 spiro atoms. The average molecular weight is 307 g/mol. The van der Waals surface area contributed by atoms with Gasteiger partial charge in [0.25, 0.3) is 0 Å². The normalized spacial score (nSPS) is 24.3. The molecule has 20 heavy (non-hydrogen) atoms. The Hall–Kier alpha value is -1.15. The van der Waals surface area contributed by atoms with Gasteiger partial charge in [-0.15, -0.1) is 0 Å². The number of ether oxygens (including phenoxy) is 1. The van der Waals surface area contributed by atoms with Gasteiger partial charge in [-0.2, -0.15) is 4.31 Å². The summed E-state index contributed by atoms with van der Waals surface area (Å²) in [5.74, 6) is -1.91. The van der Waals surface area contributed by atoms with Crippen molar-refractivity contribution in [1.29, 1.82) is 0 Å². The molecule has 0 aromatic carbocycles. The third-order valence-electron chi connectivity index (χ3n) is 3.53. The van der Waals surface area contributed by atoms with Gasteiger partial charge >= 0.3 is 11.9 Å². The highest BCUT2D eigenvalue weighted by Gasteiger charge is 2.35. The Bertz CT molecular complexity index is 461. The molecule has 0 aromatic heterocycles. The minimum absolute atomic E-state index is 0.0652. The van der Waals surface area contributed by atoms with Crippen molar-refractivity contribution in [3.05, 3.63) is 0 Å². The molecule has 1 aliphatic heterocycles. The maximum Gasteiger partial charge on any atom is 0.306 e. The molecule has 0 radical (unpaired) electrons.